The quantitative estimate of drug-likeness (QED) is 0.576. The second kappa shape index (κ2) is 9.05. The Bertz CT molecular complexity index is 960. The molecule has 1 heterocycles. The molecule has 1 amide bonds. The van der Waals surface area contributed by atoms with Crippen LogP contribution in [0.1, 0.15) is 24.1 Å². The molecule has 7 nitrogen and oxygen atoms in total. The highest BCUT2D eigenvalue weighted by Crippen LogP contribution is 2.24. The predicted octanol–water partition coefficient (Wildman–Crippen LogP) is 3.52. The average Bonchev–Trinajstić information content (AvgIpc) is 3.31. The normalized spacial score (nSPS) is 12.0. The molecule has 0 bridgehead atoms. The van der Waals surface area contributed by atoms with Gasteiger partial charge in [0.15, 0.2) is 0 Å². The molecular formula is C22H24N4O3. The Balaban J connectivity index is 1.70. The van der Waals surface area contributed by atoms with Crippen molar-refractivity contribution in [2.24, 2.45) is 0 Å². The van der Waals surface area contributed by atoms with Crippen LogP contribution in [0.4, 0.5) is 0 Å². The maximum absolute atomic E-state index is 12.6. The van der Waals surface area contributed by atoms with E-state index in [4.69, 9.17) is 9.47 Å². The molecule has 0 aliphatic carbocycles. The van der Waals surface area contributed by atoms with Crippen molar-refractivity contribution >= 4 is 12.0 Å². The maximum atomic E-state index is 12.6. The summed E-state index contributed by atoms with van der Waals surface area (Å²) in [6.45, 7) is 1.99. The zero-order valence-corrected chi connectivity index (χ0v) is 16.9. The van der Waals surface area contributed by atoms with Crippen molar-refractivity contribution in [1.29, 1.82) is 0 Å². The highest BCUT2D eigenvalue weighted by atomic mass is 16.5. The van der Waals surface area contributed by atoms with Crippen LogP contribution >= 0.6 is 0 Å². The smallest absolute Gasteiger partial charge is 0.246 e. The Morgan fingerprint density at radius 2 is 1.76 bits per heavy atom. The van der Waals surface area contributed by atoms with E-state index in [1.165, 1.54) is 6.33 Å². The average molecular weight is 392 g/mol. The summed E-state index contributed by atoms with van der Waals surface area (Å²) in [5, 5.41) is 4.12. The monoisotopic (exact) mass is 392 g/mol. The zero-order valence-electron chi connectivity index (χ0n) is 16.9. The van der Waals surface area contributed by atoms with E-state index in [1.54, 1.807) is 55.4 Å². The van der Waals surface area contributed by atoms with Crippen LogP contribution in [0.3, 0.4) is 0 Å². The van der Waals surface area contributed by atoms with Crippen LogP contribution in [0.15, 0.2) is 61.2 Å². The van der Waals surface area contributed by atoms with Gasteiger partial charge < -0.3 is 14.4 Å². The van der Waals surface area contributed by atoms with Crippen molar-refractivity contribution in [3.8, 4) is 17.2 Å². The van der Waals surface area contributed by atoms with Crippen LogP contribution in [0, 0.1) is 0 Å². The third kappa shape index (κ3) is 4.82. The molecule has 3 aromatic rings. The summed E-state index contributed by atoms with van der Waals surface area (Å²) in [5.41, 5.74) is 2.77. The fraction of sp³-hybridized carbons (Fsp3) is 0.227. The Morgan fingerprint density at radius 3 is 2.31 bits per heavy atom. The van der Waals surface area contributed by atoms with Crippen molar-refractivity contribution in [3.05, 3.63) is 72.3 Å². The number of likely N-dealkylation sites (N-methyl/N-ethyl adjacent to an activating group) is 1. The van der Waals surface area contributed by atoms with Gasteiger partial charge in [0.1, 0.15) is 24.2 Å². The van der Waals surface area contributed by atoms with Gasteiger partial charge in [-0.1, -0.05) is 12.1 Å². The fourth-order valence-electron chi connectivity index (χ4n) is 2.87. The van der Waals surface area contributed by atoms with Crippen LogP contribution in [0.25, 0.3) is 11.8 Å². The van der Waals surface area contributed by atoms with Crippen molar-refractivity contribution in [3.63, 3.8) is 0 Å². The Hall–Kier alpha value is -3.61. The summed E-state index contributed by atoms with van der Waals surface area (Å²) < 4.78 is 12.2. The first kappa shape index (κ1) is 20.1. The molecule has 0 aliphatic heterocycles. The highest BCUT2D eigenvalue weighted by Gasteiger charge is 2.15. The summed E-state index contributed by atoms with van der Waals surface area (Å²) >= 11 is 0. The molecule has 29 heavy (non-hydrogen) atoms. The first-order valence-corrected chi connectivity index (χ1v) is 9.14. The van der Waals surface area contributed by atoms with E-state index in [9.17, 15) is 4.79 Å². The van der Waals surface area contributed by atoms with Gasteiger partial charge in [-0.25, -0.2) is 9.67 Å². The van der Waals surface area contributed by atoms with Gasteiger partial charge in [-0.2, -0.15) is 5.10 Å². The van der Waals surface area contributed by atoms with Crippen LogP contribution in [-0.2, 0) is 4.79 Å². The Kier molecular flexibility index (Phi) is 6.29. The lowest BCUT2D eigenvalue weighted by atomic mass is 10.1. The number of rotatable bonds is 7. The Labute approximate surface area is 170 Å². The molecule has 150 valence electrons. The third-order valence-corrected chi connectivity index (χ3v) is 4.78. The van der Waals surface area contributed by atoms with E-state index in [1.807, 2.05) is 43.3 Å². The van der Waals surface area contributed by atoms with E-state index in [2.05, 4.69) is 10.1 Å². The van der Waals surface area contributed by atoms with E-state index in [0.29, 0.717) is 11.5 Å². The van der Waals surface area contributed by atoms with Crippen LogP contribution < -0.4 is 9.47 Å². The van der Waals surface area contributed by atoms with Gasteiger partial charge in [-0.05, 0) is 48.4 Å². The molecule has 0 saturated carbocycles. The van der Waals surface area contributed by atoms with Crippen molar-refractivity contribution in [2.75, 3.05) is 21.3 Å². The number of amides is 1. The molecule has 0 aliphatic rings. The van der Waals surface area contributed by atoms with E-state index in [-0.39, 0.29) is 11.9 Å². The predicted molar refractivity (Wildman–Crippen MR) is 111 cm³/mol. The third-order valence-electron chi connectivity index (χ3n) is 4.78. The first-order chi connectivity index (χ1) is 14.0. The zero-order chi connectivity index (χ0) is 20.8. The molecule has 0 radical (unpaired) electrons. The van der Waals surface area contributed by atoms with Gasteiger partial charge in [0.25, 0.3) is 0 Å². The number of ether oxygens (including phenoxy) is 2. The maximum Gasteiger partial charge on any atom is 0.246 e. The molecule has 0 unspecified atom stereocenters. The number of hydrogen-bond donors (Lipinski definition) is 0. The van der Waals surface area contributed by atoms with Crippen LogP contribution in [0.2, 0.25) is 0 Å². The molecule has 2 aromatic carbocycles. The number of nitrogens with zero attached hydrogens (tertiary/aromatic N) is 4. The minimum absolute atomic E-state index is 0.0863. The van der Waals surface area contributed by atoms with Gasteiger partial charge in [0, 0.05) is 19.2 Å². The lowest BCUT2D eigenvalue weighted by molar-refractivity contribution is -0.126. The molecule has 1 aromatic heterocycles. The first-order valence-electron chi connectivity index (χ1n) is 9.14. The number of benzene rings is 2. The number of aromatic nitrogens is 3. The summed E-state index contributed by atoms with van der Waals surface area (Å²) in [5.74, 6) is 1.25. The lowest BCUT2D eigenvalue weighted by Crippen LogP contribution is -2.27. The summed E-state index contributed by atoms with van der Waals surface area (Å²) in [6, 6.07) is 13.3. The van der Waals surface area contributed by atoms with Gasteiger partial charge in [-0.15, -0.1) is 0 Å². The summed E-state index contributed by atoms with van der Waals surface area (Å²) in [4.78, 5) is 18.3. The molecule has 0 fully saturated rings. The van der Waals surface area contributed by atoms with Gasteiger partial charge >= 0.3 is 0 Å². The van der Waals surface area contributed by atoms with E-state index >= 15 is 0 Å². The van der Waals surface area contributed by atoms with Gasteiger partial charge in [0.2, 0.25) is 5.91 Å². The summed E-state index contributed by atoms with van der Waals surface area (Å²) in [7, 11) is 4.98. The standard InChI is InChI=1S/C22H24N4O3/c1-16(18-6-8-19(9-7-18)26-15-23-14-24-26)25(2)22(27)10-5-17-11-20(28-3)13-21(12-17)29-4/h5-16H,1-4H3/b10-5+/t16-/m0/s1. The van der Waals surface area contributed by atoms with Crippen molar-refractivity contribution < 1.29 is 14.3 Å². The largest absolute Gasteiger partial charge is 0.497 e. The lowest BCUT2D eigenvalue weighted by Gasteiger charge is -2.24. The van der Waals surface area contributed by atoms with E-state index < -0.39 is 0 Å². The second-order valence-electron chi connectivity index (χ2n) is 6.54. The Morgan fingerprint density at radius 1 is 1.10 bits per heavy atom. The molecule has 1 atom stereocenters. The molecule has 0 spiro atoms. The number of methoxy groups -OCH3 is 2. The van der Waals surface area contributed by atoms with E-state index in [0.717, 1.165) is 16.8 Å². The fourth-order valence-corrected chi connectivity index (χ4v) is 2.87. The molecular weight excluding hydrogens is 368 g/mol. The molecule has 7 heteroatoms. The number of carbonyl (C=O) groups excluding carboxylic acids is 1. The minimum atomic E-state index is -0.0976. The van der Waals surface area contributed by atoms with Crippen molar-refractivity contribution in [2.45, 2.75) is 13.0 Å². The number of hydrogen-bond acceptors (Lipinski definition) is 5. The number of carbonyl (C=O) groups is 1. The topological polar surface area (TPSA) is 69.5 Å². The molecule has 0 saturated heterocycles. The van der Waals surface area contributed by atoms with Gasteiger partial charge in [-0.3, -0.25) is 4.79 Å². The summed E-state index contributed by atoms with van der Waals surface area (Å²) in [6.07, 6.45) is 6.44. The second-order valence-corrected chi connectivity index (χ2v) is 6.54. The van der Waals surface area contributed by atoms with Crippen molar-refractivity contribution in [1.82, 2.24) is 19.7 Å². The molecule has 0 N–H and O–H groups in total. The van der Waals surface area contributed by atoms with Crippen LogP contribution in [0.5, 0.6) is 11.5 Å². The minimum Gasteiger partial charge on any atom is -0.497 e. The highest BCUT2D eigenvalue weighted by molar-refractivity contribution is 5.92. The SMILES string of the molecule is COc1cc(/C=C/C(=O)N(C)[C@@H](C)c2ccc(-n3cncn3)cc2)cc(OC)c1. The molecule has 3 rings (SSSR count). The van der Waals surface area contributed by atoms with Gasteiger partial charge in [0.05, 0.1) is 25.9 Å². The van der Waals surface area contributed by atoms with Crippen LogP contribution in [-0.4, -0.2) is 46.8 Å².